The van der Waals surface area contributed by atoms with Gasteiger partial charge in [0.1, 0.15) is 0 Å². The fourth-order valence-electron chi connectivity index (χ4n) is 1.28. The molecule has 0 amide bonds. The van der Waals surface area contributed by atoms with Crippen molar-refractivity contribution in [2.24, 2.45) is 17.9 Å². The van der Waals surface area contributed by atoms with E-state index in [1.54, 1.807) is 42.5 Å². The number of aryl methyl sites for hydroxylation is 1. The third-order valence-electron chi connectivity index (χ3n) is 2.05. The van der Waals surface area contributed by atoms with E-state index in [9.17, 15) is 0 Å². The SMILES string of the molecule is Cn1cc(Oc2ncccc2/C(N)=N/O)cn1. The summed E-state index contributed by atoms with van der Waals surface area (Å²) in [5, 5.41) is 15.5. The molecule has 0 unspecified atom stereocenters. The van der Waals surface area contributed by atoms with Gasteiger partial charge in [0.15, 0.2) is 11.6 Å². The van der Waals surface area contributed by atoms with Crippen LogP contribution in [-0.4, -0.2) is 25.8 Å². The Hall–Kier alpha value is -2.57. The van der Waals surface area contributed by atoms with Crippen molar-refractivity contribution in [1.29, 1.82) is 0 Å². The van der Waals surface area contributed by atoms with E-state index in [0.29, 0.717) is 11.3 Å². The first kappa shape index (κ1) is 10.9. The fraction of sp³-hybridized carbons (Fsp3) is 0.100. The molecule has 7 heteroatoms. The molecule has 17 heavy (non-hydrogen) atoms. The number of aromatic nitrogens is 3. The number of nitrogens with zero attached hydrogens (tertiary/aromatic N) is 4. The van der Waals surface area contributed by atoms with Crippen molar-refractivity contribution in [2.75, 3.05) is 0 Å². The van der Waals surface area contributed by atoms with Crippen molar-refractivity contribution >= 4 is 5.84 Å². The number of nitrogens with two attached hydrogens (primary N) is 1. The fourth-order valence-corrected chi connectivity index (χ4v) is 1.28. The molecule has 2 aromatic heterocycles. The van der Waals surface area contributed by atoms with Crippen LogP contribution in [0.2, 0.25) is 0 Å². The number of pyridine rings is 1. The molecule has 2 aromatic rings. The van der Waals surface area contributed by atoms with Gasteiger partial charge in [-0.15, -0.1) is 0 Å². The summed E-state index contributed by atoms with van der Waals surface area (Å²) >= 11 is 0. The summed E-state index contributed by atoms with van der Waals surface area (Å²) in [5.41, 5.74) is 5.93. The summed E-state index contributed by atoms with van der Waals surface area (Å²) in [4.78, 5) is 4.02. The van der Waals surface area contributed by atoms with Gasteiger partial charge in [-0.05, 0) is 12.1 Å². The predicted molar refractivity (Wildman–Crippen MR) is 60.0 cm³/mol. The van der Waals surface area contributed by atoms with Crippen molar-refractivity contribution in [3.05, 3.63) is 36.3 Å². The highest BCUT2D eigenvalue weighted by Gasteiger charge is 2.10. The molecule has 0 fully saturated rings. The van der Waals surface area contributed by atoms with E-state index in [0.717, 1.165) is 0 Å². The smallest absolute Gasteiger partial charge is 0.230 e. The summed E-state index contributed by atoms with van der Waals surface area (Å²) < 4.78 is 7.09. The molecule has 0 aliphatic heterocycles. The molecule has 0 saturated carbocycles. The molecule has 88 valence electrons. The number of amidine groups is 1. The number of hydrogen-bond acceptors (Lipinski definition) is 5. The van der Waals surface area contributed by atoms with Crippen LogP contribution >= 0.6 is 0 Å². The molecule has 2 rings (SSSR count). The molecule has 3 N–H and O–H groups in total. The molecule has 0 atom stereocenters. The third-order valence-corrected chi connectivity index (χ3v) is 2.05. The van der Waals surface area contributed by atoms with Gasteiger partial charge in [0.05, 0.1) is 18.0 Å². The minimum Gasteiger partial charge on any atom is -0.435 e. The molecule has 0 aliphatic rings. The Morgan fingerprint density at radius 3 is 3.06 bits per heavy atom. The average molecular weight is 233 g/mol. The van der Waals surface area contributed by atoms with Crippen molar-refractivity contribution in [2.45, 2.75) is 0 Å². The Labute approximate surface area is 97.1 Å². The van der Waals surface area contributed by atoms with Crippen LogP contribution in [0.25, 0.3) is 0 Å². The molecule has 2 heterocycles. The lowest BCUT2D eigenvalue weighted by molar-refractivity contribution is 0.318. The molecule has 0 aliphatic carbocycles. The molecule has 0 aromatic carbocycles. The summed E-state index contributed by atoms with van der Waals surface area (Å²) in [6, 6.07) is 3.32. The Bertz CT molecular complexity index is 549. The quantitative estimate of drug-likeness (QED) is 0.352. The maximum Gasteiger partial charge on any atom is 0.230 e. The molecular formula is C10H11N5O2. The van der Waals surface area contributed by atoms with Crippen LogP contribution in [0.15, 0.2) is 35.9 Å². The van der Waals surface area contributed by atoms with E-state index in [2.05, 4.69) is 15.2 Å². The molecule has 7 nitrogen and oxygen atoms in total. The van der Waals surface area contributed by atoms with Crippen molar-refractivity contribution in [3.8, 4) is 11.6 Å². The minimum absolute atomic E-state index is 0.0583. The first-order valence-electron chi connectivity index (χ1n) is 4.80. The second-order valence-electron chi connectivity index (χ2n) is 3.29. The second-order valence-corrected chi connectivity index (χ2v) is 3.29. The largest absolute Gasteiger partial charge is 0.435 e. The predicted octanol–water partition coefficient (Wildman–Crippen LogP) is 0.702. The monoisotopic (exact) mass is 233 g/mol. The maximum absolute atomic E-state index is 8.65. The van der Waals surface area contributed by atoms with Gasteiger partial charge in [-0.2, -0.15) is 5.10 Å². The first-order chi connectivity index (χ1) is 8.20. The zero-order chi connectivity index (χ0) is 12.3. The molecule has 0 bridgehead atoms. The van der Waals surface area contributed by atoms with Crippen LogP contribution in [0, 0.1) is 0 Å². The Balaban J connectivity index is 2.32. The van der Waals surface area contributed by atoms with Crippen LogP contribution in [0.3, 0.4) is 0 Å². The summed E-state index contributed by atoms with van der Waals surface area (Å²) in [6.45, 7) is 0. The third kappa shape index (κ3) is 2.33. The van der Waals surface area contributed by atoms with Gasteiger partial charge < -0.3 is 15.7 Å². The van der Waals surface area contributed by atoms with Gasteiger partial charge >= 0.3 is 0 Å². The normalized spacial score (nSPS) is 11.5. The van der Waals surface area contributed by atoms with E-state index < -0.39 is 0 Å². The van der Waals surface area contributed by atoms with Crippen molar-refractivity contribution in [3.63, 3.8) is 0 Å². The average Bonchev–Trinajstić information content (AvgIpc) is 2.74. The van der Waals surface area contributed by atoms with Crippen molar-refractivity contribution < 1.29 is 9.94 Å². The van der Waals surface area contributed by atoms with Gasteiger partial charge in [0.2, 0.25) is 5.88 Å². The van der Waals surface area contributed by atoms with Gasteiger partial charge in [0, 0.05) is 13.2 Å². The maximum atomic E-state index is 8.65. The van der Waals surface area contributed by atoms with Crippen LogP contribution in [0.5, 0.6) is 11.6 Å². The number of oxime groups is 1. The standard InChI is InChI=1S/C10H11N5O2/c1-15-6-7(5-13-15)17-10-8(9(11)14-16)3-2-4-12-10/h2-6,16H,1H3,(H2,11,14). The number of hydrogen-bond donors (Lipinski definition) is 2. The minimum atomic E-state index is -0.0583. The van der Waals surface area contributed by atoms with E-state index in [4.69, 9.17) is 15.7 Å². The lowest BCUT2D eigenvalue weighted by atomic mass is 10.2. The van der Waals surface area contributed by atoms with Crippen molar-refractivity contribution in [1.82, 2.24) is 14.8 Å². The van der Waals surface area contributed by atoms with E-state index in [1.165, 1.54) is 0 Å². The van der Waals surface area contributed by atoms with E-state index >= 15 is 0 Å². The number of ether oxygens (including phenoxy) is 1. The Kier molecular flexibility index (Phi) is 2.91. The van der Waals surface area contributed by atoms with Gasteiger partial charge in [-0.1, -0.05) is 5.16 Å². The van der Waals surface area contributed by atoms with Crippen LogP contribution in [0.1, 0.15) is 5.56 Å². The topological polar surface area (TPSA) is 98.6 Å². The first-order valence-corrected chi connectivity index (χ1v) is 4.80. The molecule has 0 saturated heterocycles. The molecule has 0 radical (unpaired) electrons. The number of rotatable bonds is 3. The zero-order valence-corrected chi connectivity index (χ0v) is 9.11. The summed E-state index contributed by atoms with van der Waals surface area (Å²) in [7, 11) is 1.77. The van der Waals surface area contributed by atoms with Gasteiger partial charge in [0.25, 0.3) is 0 Å². The lowest BCUT2D eigenvalue weighted by Gasteiger charge is -2.06. The molecule has 0 spiro atoms. The zero-order valence-electron chi connectivity index (χ0n) is 9.11. The van der Waals surface area contributed by atoms with Gasteiger partial charge in [-0.3, -0.25) is 4.68 Å². The Morgan fingerprint density at radius 2 is 2.41 bits per heavy atom. The van der Waals surface area contributed by atoms with E-state index in [-0.39, 0.29) is 11.7 Å². The molecular weight excluding hydrogens is 222 g/mol. The summed E-state index contributed by atoms with van der Waals surface area (Å²) in [5.74, 6) is 0.728. The van der Waals surface area contributed by atoms with Crippen LogP contribution in [-0.2, 0) is 7.05 Å². The highest BCUT2D eigenvalue weighted by atomic mass is 16.5. The van der Waals surface area contributed by atoms with Crippen LogP contribution in [0.4, 0.5) is 0 Å². The Morgan fingerprint density at radius 1 is 1.59 bits per heavy atom. The van der Waals surface area contributed by atoms with E-state index in [1.807, 2.05) is 0 Å². The second kappa shape index (κ2) is 4.52. The van der Waals surface area contributed by atoms with Gasteiger partial charge in [-0.25, -0.2) is 4.98 Å². The highest BCUT2D eigenvalue weighted by Crippen LogP contribution is 2.21. The lowest BCUT2D eigenvalue weighted by Crippen LogP contribution is -2.14. The van der Waals surface area contributed by atoms with Crippen LogP contribution < -0.4 is 10.5 Å². The highest BCUT2D eigenvalue weighted by molar-refractivity contribution is 5.99. The summed E-state index contributed by atoms with van der Waals surface area (Å²) in [6.07, 6.45) is 4.79.